The van der Waals surface area contributed by atoms with Crippen molar-refractivity contribution < 1.29 is 4.74 Å². The largest absolute Gasteiger partial charge is 0.492 e. The van der Waals surface area contributed by atoms with Gasteiger partial charge in [-0.2, -0.15) is 0 Å². The van der Waals surface area contributed by atoms with Crippen LogP contribution < -0.4 is 10.6 Å². The molecule has 0 radical (unpaired) electrons. The lowest BCUT2D eigenvalue weighted by Crippen LogP contribution is -2.69. The van der Waals surface area contributed by atoms with Crippen LogP contribution in [0.5, 0.6) is 0 Å². The predicted molar refractivity (Wildman–Crippen MR) is 70.7 cm³/mol. The van der Waals surface area contributed by atoms with Gasteiger partial charge in [-0.1, -0.05) is 0 Å². The first-order valence-electron chi connectivity index (χ1n) is 6.68. The highest BCUT2D eigenvalue weighted by atomic mass is 16.5. The third kappa shape index (κ3) is 2.83. The van der Waals surface area contributed by atoms with Gasteiger partial charge in [-0.25, -0.2) is 0 Å². The molecular formula is C14H26N2O. The van der Waals surface area contributed by atoms with Gasteiger partial charge < -0.3 is 4.74 Å². The molecule has 0 aliphatic carbocycles. The molecule has 98 valence electrons. The standard InChI is InChI=1S/C14H26N2O/c1-10-6-7-14(5,17-9-10)12-15-11(2)8-13(3,4)16-12/h9,11-12,15-16H,6-8H2,1-5H3/t11-,12-,14+/m1/s1. The fraction of sp³-hybridized carbons (Fsp3) is 0.857. The quantitative estimate of drug-likeness (QED) is 0.736. The molecule has 0 aromatic heterocycles. The third-order valence-corrected chi connectivity index (χ3v) is 3.96. The lowest BCUT2D eigenvalue weighted by atomic mass is 9.85. The minimum Gasteiger partial charge on any atom is -0.492 e. The Kier molecular flexibility index (Phi) is 3.25. The van der Waals surface area contributed by atoms with E-state index in [1.807, 2.05) is 6.26 Å². The number of allylic oxidation sites excluding steroid dienone is 1. The Labute approximate surface area is 105 Å². The van der Waals surface area contributed by atoms with Crippen molar-refractivity contribution in [1.82, 2.24) is 10.6 Å². The second kappa shape index (κ2) is 4.29. The van der Waals surface area contributed by atoms with Crippen LogP contribution in [0, 0.1) is 0 Å². The first-order valence-corrected chi connectivity index (χ1v) is 6.68. The van der Waals surface area contributed by atoms with E-state index in [-0.39, 0.29) is 17.3 Å². The Morgan fingerprint density at radius 2 is 2.06 bits per heavy atom. The van der Waals surface area contributed by atoms with Gasteiger partial charge in [0.1, 0.15) is 5.60 Å². The van der Waals surface area contributed by atoms with Crippen LogP contribution in [0.3, 0.4) is 0 Å². The zero-order valence-corrected chi connectivity index (χ0v) is 11.8. The van der Waals surface area contributed by atoms with Crippen molar-refractivity contribution in [3.63, 3.8) is 0 Å². The molecule has 0 aromatic carbocycles. The predicted octanol–water partition coefficient (Wildman–Crippen LogP) is 2.54. The van der Waals surface area contributed by atoms with Crippen LogP contribution in [0.25, 0.3) is 0 Å². The van der Waals surface area contributed by atoms with Crippen molar-refractivity contribution in [2.24, 2.45) is 0 Å². The maximum absolute atomic E-state index is 5.97. The SMILES string of the molecule is CC1=CO[C@](C)([C@@H]2N[C@H](C)CC(C)(C)N2)CC1. The summed E-state index contributed by atoms with van der Waals surface area (Å²) in [6.07, 6.45) is 5.51. The second-order valence-corrected chi connectivity index (χ2v) is 6.63. The zero-order chi connectivity index (χ0) is 12.7. The first-order chi connectivity index (χ1) is 7.81. The molecule has 3 atom stereocenters. The molecule has 2 rings (SSSR count). The highest BCUT2D eigenvalue weighted by Crippen LogP contribution is 2.32. The Hall–Kier alpha value is -0.540. The second-order valence-electron chi connectivity index (χ2n) is 6.63. The molecule has 17 heavy (non-hydrogen) atoms. The lowest BCUT2D eigenvalue weighted by Gasteiger charge is -2.49. The summed E-state index contributed by atoms with van der Waals surface area (Å²) in [5, 5.41) is 7.31. The summed E-state index contributed by atoms with van der Waals surface area (Å²) in [6, 6.07) is 0.531. The van der Waals surface area contributed by atoms with Gasteiger partial charge in [0, 0.05) is 11.6 Å². The molecule has 2 aliphatic heterocycles. The Morgan fingerprint density at radius 3 is 2.59 bits per heavy atom. The summed E-state index contributed by atoms with van der Waals surface area (Å²) < 4.78 is 5.97. The van der Waals surface area contributed by atoms with Crippen molar-refractivity contribution in [2.45, 2.75) is 77.2 Å². The highest BCUT2D eigenvalue weighted by Gasteiger charge is 2.43. The topological polar surface area (TPSA) is 33.3 Å². The first kappa shape index (κ1) is 12.9. The Balaban J connectivity index is 2.11. The molecule has 0 bridgehead atoms. The number of ether oxygens (including phenoxy) is 1. The summed E-state index contributed by atoms with van der Waals surface area (Å²) in [5.41, 5.74) is 1.38. The van der Waals surface area contributed by atoms with Gasteiger partial charge >= 0.3 is 0 Å². The maximum Gasteiger partial charge on any atom is 0.134 e. The molecule has 0 unspecified atom stereocenters. The van der Waals surface area contributed by atoms with Crippen molar-refractivity contribution in [3.8, 4) is 0 Å². The number of hydrogen-bond donors (Lipinski definition) is 2. The normalized spacial score (nSPS) is 41.6. The molecule has 3 heteroatoms. The summed E-state index contributed by atoms with van der Waals surface area (Å²) in [5.74, 6) is 0. The average molecular weight is 238 g/mol. The van der Waals surface area contributed by atoms with Crippen LogP contribution in [0.2, 0.25) is 0 Å². The van der Waals surface area contributed by atoms with Crippen molar-refractivity contribution in [3.05, 3.63) is 11.8 Å². The molecule has 0 amide bonds. The smallest absolute Gasteiger partial charge is 0.134 e. The number of nitrogens with one attached hydrogen (secondary N) is 2. The van der Waals surface area contributed by atoms with Crippen molar-refractivity contribution >= 4 is 0 Å². The summed E-state index contributed by atoms with van der Waals surface area (Å²) in [6.45, 7) is 11.1. The van der Waals surface area contributed by atoms with Crippen LogP contribution in [-0.2, 0) is 4.74 Å². The van der Waals surface area contributed by atoms with E-state index in [0.717, 1.165) is 19.3 Å². The van der Waals surface area contributed by atoms with Gasteiger partial charge in [-0.05, 0) is 59.5 Å². The summed E-state index contributed by atoms with van der Waals surface area (Å²) in [7, 11) is 0. The van der Waals surface area contributed by atoms with Crippen LogP contribution in [-0.4, -0.2) is 23.3 Å². The minimum absolute atomic E-state index is 0.133. The van der Waals surface area contributed by atoms with Gasteiger partial charge in [0.15, 0.2) is 0 Å². The summed E-state index contributed by atoms with van der Waals surface area (Å²) >= 11 is 0. The van der Waals surface area contributed by atoms with E-state index in [1.165, 1.54) is 5.57 Å². The van der Waals surface area contributed by atoms with E-state index in [0.29, 0.717) is 6.04 Å². The number of rotatable bonds is 1. The molecule has 2 aliphatic rings. The van der Waals surface area contributed by atoms with Gasteiger partial charge in [0.05, 0.1) is 12.4 Å². The minimum atomic E-state index is -0.133. The third-order valence-electron chi connectivity index (χ3n) is 3.96. The molecule has 2 heterocycles. The van der Waals surface area contributed by atoms with E-state index in [9.17, 15) is 0 Å². The Bertz CT molecular complexity index is 324. The van der Waals surface area contributed by atoms with E-state index in [4.69, 9.17) is 4.74 Å². The van der Waals surface area contributed by atoms with Gasteiger partial charge in [-0.3, -0.25) is 10.6 Å². The van der Waals surface area contributed by atoms with Gasteiger partial charge in [0.2, 0.25) is 0 Å². The highest BCUT2D eigenvalue weighted by molar-refractivity contribution is 5.07. The van der Waals surface area contributed by atoms with Crippen molar-refractivity contribution in [2.75, 3.05) is 0 Å². The molecule has 0 aromatic rings. The zero-order valence-electron chi connectivity index (χ0n) is 11.8. The fourth-order valence-electron chi connectivity index (χ4n) is 2.94. The molecule has 3 nitrogen and oxygen atoms in total. The van der Waals surface area contributed by atoms with E-state index < -0.39 is 0 Å². The Morgan fingerprint density at radius 1 is 1.35 bits per heavy atom. The monoisotopic (exact) mass is 238 g/mol. The van der Waals surface area contributed by atoms with Crippen molar-refractivity contribution in [1.29, 1.82) is 0 Å². The van der Waals surface area contributed by atoms with Crippen LogP contribution in [0.1, 0.15) is 53.9 Å². The van der Waals surface area contributed by atoms with Crippen LogP contribution >= 0.6 is 0 Å². The van der Waals surface area contributed by atoms with Gasteiger partial charge in [-0.15, -0.1) is 0 Å². The lowest BCUT2D eigenvalue weighted by molar-refractivity contribution is -0.0491. The molecule has 1 saturated heterocycles. The van der Waals surface area contributed by atoms with Crippen LogP contribution in [0.15, 0.2) is 11.8 Å². The van der Waals surface area contributed by atoms with E-state index in [1.54, 1.807) is 0 Å². The molecule has 1 fully saturated rings. The van der Waals surface area contributed by atoms with Gasteiger partial charge in [0.25, 0.3) is 0 Å². The molecule has 2 N–H and O–H groups in total. The number of hydrogen-bond acceptors (Lipinski definition) is 3. The summed E-state index contributed by atoms with van der Waals surface area (Å²) in [4.78, 5) is 0. The fourth-order valence-corrected chi connectivity index (χ4v) is 2.94. The molecule has 0 spiro atoms. The maximum atomic E-state index is 5.97. The molecule has 0 saturated carbocycles. The van der Waals surface area contributed by atoms with Crippen LogP contribution in [0.4, 0.5) is 0 Å². The average Bonchev–Trinajstić information content (AvgIpc) is 2.20. The van der Waals surface area contributed by atoms with E-state index >= 15 is 0 Å². The van der Waals surface area contributed by atoms with E-state index in [2.05, 4.69) is 45.3 Å². The molecular weight excluding hydrogens is 212 g/mol.